The number of aromatic nitrogens is 2. The first-order valence-corrected chi connectivity index (χ1v) is 7.89. The first kappa shape index (κ1) is 13.7. The normalized spacial score (nSPS) is 21.0. The van der Waals surface area contributed by atoms with Crippen molar-refractivity contribution in [2.75, 3.05) is 23.4 Å². The van der Waals surface area contributed by atoms with Crippen LogP contribution in [0.5, 0.6) is 0 Å². The van der Waals surface area contributed by atoms with Crippen molar-refractivity contribution >= 4 is 21.6 Å². The van der Waals surface area contributed by atoms with Crippen LogP contribution in [0.3, 0.4) is 0 Å². The number of sulfone groups is 1. The summed E-state index contributed by atoms with van der Waals surface area (Å²) in [7, 11) is -3.00. The van der Waals surface area contributed by atoms with Crippen LogP contribution in [-0.4, -0.2) is 48.4 Å². The van der Waals surface area contributed by atoms with E-state index in [2.05, 4.69) is 20.6 Å². The first-order valence-electron chi connectivity index (χ1n) is 6.07. The van der Waals surface area contributed by atoms with Crippen LogP contribution in [0.4, 0.5) is 5.82 Å². The summed E-state index contributed by atoms with van der Waals surface area (Å²) in [6, 6.07) is -0.331. The molecule has 1 fully saturated rings. The molecule has 1 amide bonds. The van der Waals surface area contributed by atoms with Gasteiger partial charge in [0.25, 0.3) is 5.91 Å². The zero-order chi connectivity index (χ0) is 13.9. The van der Waals surface area contributed by atoms with Crippen LogP contribution in [0.1, 0.15) is 23.8 Å². The number of rotatable bonds is 4. The van der Waals surface area contributed by atoms with Gasteiger partial charge in [-0.05, 0) is 13.3 Å². The van der Waals surface area contributed by atoms with Gasteiger partial charge in [-0.25, -0.2) is 13.4 Å². The zero-order valence-corrected chi connectivity index (χ0v) is 11.4. The van der Waals surface area contributed by atoms with Gasteiger partial charge in [0.1, 0.15) is 11.5 Å². The summed E-state index contributed by atoms with van der Waals surface area (Å²) in [5.74, 6) is 0.253. The maximum Gasteiger partial charge on any atom is 0.271 e. The van der Waals surface area contributed by atoms with Crippen LogP contribution in [0.2, 0.25) is 0 Å². The summed E-state index contributed by atoms with van der Waals surface area (Å²) < 4.78 is 22.6. The second kappa shape index (κ2) is 5.52. The lowest BCUT2D eigenvalue weighted by Crippen LogP contribution is -2.36. The molecule has 7 nitrogen and oxygen atoms in total. The van der Waals surface area contributed by atoms with Crippen LogP contribution in [0.25, 0.3) is 0 Å². The zero-order valence-electron chi connectivity index (χ0n) is 10.6. The van der Waals surface area contributed by atoms with E-state index in [9.17, 15) is 13.2 Å². The van der Waals surface area contributed by atoms with Crippen molar-refractivity contribution < 1.29 is 13.2 Å². The Morgan fingerprint density at radius 3 is 2.89 bits per heavy atom. The Kier molecular flexibility index (Phi) is 3.98. The van der Waals surface area contributed by atoms with Gasteiger partial charge in [-0.2, -0.15) is 0 Å². The van der Waals surface area contributed by atoms with Crippen molar-refractivity contribution in [3.8, 4) is 0 Å². The minimum atomic E-state index is -3.00. The fourth-order valence-electron chi connectivity index (χ4n) is 1.91. The molecular formula is C11H16N4O3S. The summed E-state index contributed by atoms with van der Waals surface area (Å²) in [5.41, 5.74) is 0.183. The van der Waals surface area contributed by atoms with E-state index in [0.29, 0.717) is 18.8 Å². The number of anilines is 1. The number of nitrogens with zero attached hydrogens (tertiary/aromatic N) is 2. The molecule has 1 aromatic heterocycles. The molecule has 0 spiro atoms. The Balaban J connectivity index is 2.02. The number of carbonyl (C=O) groups is 1. The SMILES string of the molecule is CCNc1cncc(C(=O)NC2CCS(=O)(=O)C2)n1. The van der Waals surface area contributed by atoms with E-state index in [4.69, 9.17) is 0 Å². The summed E-state index contributed by atoms with van der Waals surface area (Å²) in [5, 5.41) is 5.63. The third-order valence-electron chi connectivity index (χ3n) is 2.79. The number of nitrogens with one attached hydrogen (secondary N) is 2. The van der Waals surface area contributed by atoms with Crippen molar-refractivity contribution in [1.29, 1.82) is 0 Å². The molecule has 0 aromatic carbocycles. The smallest absolute Gasteiger partial charge is 0.271 e. The molecule has 104 valence electrons. The highest BCUT2D eigenvalue weighted by atomic mass is 32.2. The molecule has 0 saturated carbocycles. The average Bonchev–Trinajstić information content (AvgIpc) is 2.69. The van der Waals surface area contributed by atoms with Crippen LogP contribution in [0, 0.1) is 0 Å². The molecule has 1 aliphatic rings. The van der Waals surface area contributed by atoms with Gasteiger partial charge >= 0.3 is 0 Å². The summed E-state index contributed by atoms with van der Waals surface area (Å²) in [6.07, 6.45) is 3.34. The average molecular weight is 284 g/mol. The van der Waals surface area contributed by atoms with Crippen LogP contribution >= 0.6 is 0 Å². The molecule has 2 N–H and O–H groups in total. The molecule has 1 saturated heterocycles. The highest BCUT2D eigenvalue weighted by molar-refractivity contribution is 7.91. The minimum absolute atomic E-state index is 0.000923. The number of carbonyl (C=O) groups excluding carboxylic acids is 1. The lowest BCUT2D eigenvalue weighted by Gasteiger charge is -2.10. The van der Waals surface area contributed by atoms with E-state index in [1.807, 2.05) is 6.92 Å². The standard InChI is InChI=1S/C11H16N4O3S/c1-2-13-10-6-12-5-9(15-10)11(16)14-8-3-4-19(17,18)7-8/h5-6,8H,2-4,7H2,1H3,(H,13,15)(H,14,16). The molecule has 0 radical (unpaired) electrons. The molecule has 19 heavy (non-hydrogen) atoms. The molecule has 1 unspecified atom stereocenters. The molecule has 1 aliphatic heterocycles. The lowest BCUT2D eigenvalue weighted by atomic mass is 10.2. The second-order valence-electron chi connectivity index (χ2n) is 4.39. The Bertz CT molecular complexity index is 573. The molecule has 1 aromatic rings. The molecule has 8 heteroatoms. The Labute approximate surface area is 111 Å². The van der Waals surface area contributed by atoms with Gasteiger partial charge in [-0.3, -0.25) is 9.78 Å². The maximum absolute atomic E-state index is 11.9. The topological polar surface area (TPSA) is 101 Å². The first-order chi connectivity index (χ1) is 9.00. The Hall–Kier alpha value is -1.70. The predicted molar refractivity (Wildman–Crippen MR) is 70.7 cm³/mol. The van der Waals surface area contributed by atoms with E-state index < -0.39 is 15.7 Å². The van der Waals surface area contributed by atoms with Crippen LogP contribution < -0.4 is 10.6 Å². The van der Waals surface area contributed by atoms with Gasteiger partial charge in [0.2, 0.25) is 0 Å². The molecule has 0 aliphatic carbocycles. The van der Waals surface area contributed by atoms with Gasteiger partial charge in [0, 0.05) is 12.6 Å². The quantitative estimate of drug-likeness (QED) is 0.795. The third kappa shape index (κ3) is 3.63. The lowest BCUT2D eigenvalue weighted by molar-refractivity contribution is 0.0936. The van der Waals surface area contributed by atoms with E-state index in [1.165, 1.54) is 12.4 Å². The highest BCUT2D eigenvalue weighted by Crippen LogP contribution is 2.12. The summed E-state index contributed by atoms with van der Waals surface area (Å²) in [6.45, 7) is 2.60. The van der Waals surface area contributed by atoms with Crippen LogP contribution in [-0.2, 0) is 9.84 Å². The molecule has 0 bridgehead atoms. The highest BCUT2D eigenvalue weighted by Gasteiger charge is 2.29. The van der Waals surface area contributed by atoms with E-state index >= 15 is 0 Å². The van der Waals surface area contributed by atoms with Gasteiger partial charge in [-0.1, -0.05) is 0 Å². The number of hydrogen-bond acceptors (Lipinski definition) is 6. The van der Waals surface area contributed by atoms with Crippen molar-refractivity contribution in [3.05, 3.63) is 18.1 Å². The third-order valence-corrected chi connectivity index (χ3v) is 4.56. The monoisotopic (exact) mass is 284 g/mol. The van der Waals surface area contributed by atoms with Gasteiger partial charge in [-0.15, -0.1) is 0 Å². The molecule has 2 rings (SSSR count). The van der Waals surface area contributed by atoms with E-state index in [-0.39, 0.29) is 23.2 Å². The number of amides is 1. The Morgan fingerprint density at radius 1 is 1.47 bits per heavy atom. The van der Waals surface area contributed by atoms with Gasteiger partial charge in [0.05, 0.1) is 23.9 Å². The van der Waals surface area contributed by atoms with Crippen molar-refractivity contribution in [2.24, 2.45) is 0 Å². The van der Waals surface area contributed by atoms with Gasteiger partial charge < -0.3 is 10.6 Å². The van der Waals surface area contributed by atoms with Gasteiger partial charge in [0.15, 0.2) is 9.84 Å². The van der Waals surface area contributed by atoms with E-state index in [0.717, 1.165) is 0 Å². The summed E-state index contributed by atoms with van der Waals surface area (Å²) in [4.78, 5) is 20.0. The minimum Gasteiger partial charge on any atom is -0.369 e. The summed E-state index contributed by atoms with van der Waals surface area (Å²) >= 11 is 0. The van der Waals surface area contributed by atoms with Crippen molar-refractivity contribution in [3.63, 3.8) is 0 Å². The predicted octanol–water partition coefficient (Wildman–Crippen LogP) is -0.175. The van der Waals surface area contributed by atoms with Crippen LogP contribution in [0.15, 0.2) is 12.4 Å². The molecule has 2 heterocycles. The largest absolute Gasteiger partial charge is 0.369 e. The van der Waals surface area contributed by atoms with E-state index in [1.54, 1.807) is 0 Å². The maximum atomic E-state index is 11.9. The number of hydrogen-bond donors (Lipinski definition) is 2. The van der Waals surface area contributed by atoms with Crippen molar-refractivity contribution in [1.82, 2.24) is 15.3 Å². The fraction of sp³-hybridized carbons (Fsp3) is 0.545. The second-order valence-corrected chi connectivity index (χ2v) is 6.62. The molecule has 1 atom stereocenters. The molecular weight excluding hydrogens is 268 g/mol. The Morgan fingerprint density at radius 2 is 2.26 bits per heavy atom. The fourth-order valence-corrected chi connectivity index (χ4v) is 3.58. The van der Waals surface area contributed by atoms with Crippen molar-refractivity contribution in [2.45, 2.75) is 19.4 Å².